The molecule has 0 aliphatic rings. The van der Waals surface area contributed by atoms with Gasteiger partial charge in [-0.05, 0) is 42.9 Å². The van der Waals surface area contributed by atoms with Gasteiger partial charge >= 0.3 is 12.1 Å². The molecule has 34 heavy (non-hydrogen) atoms. The van der Waals surface area contributed by atoms with E-state index >= 15 is 0 Å². The van der Waals surface area contributed by atoms with Crippen LogP contribution in [-0.4, -0.2) is 35.0 Å². The molecule has 2 aromatic heterocycles. The lowest BCUT2D eigenvalue weighted by molar-refractivity contribution is 0.168. The molecule has 0 unspecified atom stereocenters. The van der Waals surface area contributed by atoms with Crippen LogP contribution in [0.15, 0.2) is 47.6 Å². The first-order valence-corrected chi connectivity index (χ1v) is 12.5. The van der Waals surface area contributed by atoms with E-state index in [4.69, 9.17) is 9.47 Å². The van der Waals surface area contributed by atoms with Gasteiger partial charge in [-0.2, -0.15) is 0 Å². The lowest BCUT2D eigenvalue weighted by Crippen LogP contribution is -2.19. The number of pyridine rings is 1. The van der Waals surface area contributed by atoms with Crippen molar-refractivity contribution < 1.29 is 19.1 Å². The van der Waals surface area contributed by atoms with E-state index in [-0.39, 0.29) is 18.1 Å². The maximum Gasteiger partial charge on any atom is 0.412 e. The molecular formula is C23H27N5O4S2. The second-order valence-electron chi connectivity index (χ2n) is 8.05. The van der Waals surface area contributed by atoms with Crippen LogP contribution in [0.3, 0.4) is 0 Å². The molecule has 3 rings (SSSR count). The maximum atomic E-state index is 12.5. The number of rotatable bonds is 7. The fourth-order valence-corrected chi connectivity index (χ4v) is 4.16. The molecule has 3 amide bonds. The van der Waals surface area contributed by atoms with E-state index in [2.05, 4.69) is 46.7 Å². The predicted octanol–water partition coefficient (Wildman–Crippen LogP) is 6.56. The van der Waals surface area contributed by atoms with Gasteiger partial charge < -0.3 is 14.8 Å². The highest BCUT2D eigenvalue weighted by atomic mass is 32.2. The number of hydrogen-bond acceptors (Lipinski definition) is 8. The van der Waals surface area contributed by atoms with E-state index in [9.17, 15) is 9.59 Å². The van der Waals surface area contributed by atoms with Gasteiger partial charge in [0.25, 0.3) is 0 Å². The summed E-state index contributed by atoms with van der Waals surface area (Å²) in [5.74, 6) is 1.37. The van der Waals surface area contributed by atoms with Crippen molar-refractivity contribution in [1.82, 2.24) is 9.97 Å². The molecule has 0 fully saturated rings. The van der Waals surface area contributed by atoms with Crippen molar-refractivity contribution >= 4 is 51.9 Å². The Morgan fingerprint density at radius 2 is 1.82 bits per heavy atom. The largest absolute Gasteiger partial charge is 0.457 e. The van der Waals surface area contributed by atoms with Crippen LogP contribution in [0.2, 0.25) is 0 Å². The SMILES string of the molecule is CCOC(=O)Nc1cc(Oc2ccc(NC(=O)Nc3ncc(C(C)(C)C)s3)c(SC)c2)ccn1. The highest BCUT2D eigenvalue weighted by molar-refractivity contribution is 7.98. The molecule has 0 bridgehead atoms. The van der Waals surface area contributed by atoms with Crippen molar-refractivity contribution in [3.05, 3.63) is 47.6 Å². The first-order valence-electron chi connectivity index (χ1n) is 10.5. The van der Waals surface area contributed by atoms with Gasteiger partial charge in [0.15, 0.2) is 5.13 Å². The molecule has 0 aliphatic heterocycles. The van der Waals surface area contributed by atoms with E-state index in [1.165, 1.54) is 29.3 Å². The van der Waals surface area contributed by atoms with E-state index in [1.807, 2.05) is 12.3 Å². The summed E-state index contributed by atoms with van der Waals surface area (Å²) in [6.07, 6.45) is 4.63. The number of ether oxygens (including phenoxy) is 2. The summed E-state index contributed by atoms with van der Waals surface area (Å²) in [6, 6.07) is 8.23. The molecule has 0 atom stereocenters. The normalized spacial score (nSPS) is 11.0. The summed E-state index contributed by atoms with van der Waals surface area (Å²) < 4.78 is 10.8. The van der Waals surface area contributed by atoms with Gasteiger partial charge in [-0.25, -0.2) is 19.6 Å². The molecule has 0 aliphatic carbocycles. The van der Waals surface area contributed by atoms with Crippen LogP contribution in [0.4, 0.5) is 26.2 Å². The standard InChI is InChI=1S/C23H27N5O4S2/c1-6-31-22(30)27-19-12-15(9-10-24-19)32-14-7-8-16(17(11-14)33-5)26-20(29)28-21-25-13-18(34-21)23(2,3)4/h7-13H,6H2,1-5H3,(H,24,27,30)(H2,25,26,28,29). The zero-order valence-corrected chi connectivity index (χ0v) is 21.2. The van der Waals surface area contributed by atoms with Gasteiger partial charge in [-0.1, -0.05) is 20.8 Å². The van der Waals surface area contributed by atoms with Gasteiger partial charge in [0.2, 0.25) is 0 Å². The number of amides is 3. The van der Waals surface area contributed by atoms with Gasteiger partial charge in [-0.3, -0.25) is 10.6 Å². The summed E-state index contributed by atoms with van der Waals surface area (Å²) in [6.45, 7) is 8.28. The average Bonchev–Trinajstić information content (AvgIpc) is 3.24. The Morgan fingerprint density at radius 3 is 2.50 bits per heavy atom. The quantitative estimate of drug-likeness (QED) is 0.314. The number of urea groups is 1. The van der Waals surface area contributed by atoms with Crippen LogP contribution in [0, 0.1) is 0 Å². The molecular weight excluding hydrogens is 474 g/mol. The Morgan fingerprint density at radius 1 is 1.06 bits per heavy atom. The predicted molar refractivity (Wildman–Crippen MR) is 137 cm³/mol. The highest BCUT2D eigenvalue weighted by Gasteiger charge is 2.18. The first-order chi connectivity index (χ1) is 16.2. The summed E-state index contributed by atoms with van der Waals surface area (Å²) in [7, 11) is 0. The third-order valence-corrected chi connectivity index (χ3v) is 6.48. The van der Waals surface area contributed by atoms with Crippen molar-refractivity contribution in [2.45, 2.75) is 38.0 Å². The number of nitrogens with zero attached hydrogens (tertiary/aromatic N) is 2. The lowest BCUT2D eigenvalue weighted by Gasteiger charge is -2.14. The van der Waals surface area contributed by atoms with E-state index < -0.39 is 6.09 Å². The summed E-state index contributed by atoms with van der Waals surface area (Å²) in [5.41, 5.74) is 0.616. The second-order valence-corrected chi connectivity index (χ2v) is 9.92. The number of carbonyl (C=O) groups is 2. The molecule has 1 aromatic carbocycles. The Balaban J connectivity index is 1.66. The van der Waals surface area contributed by atoms with E-state index in [0.717, 1.165) is 9.77 Å². The molecule has 9 nitrogen and oxygen atoms in total. The number of thiazole rings is 1. The molecule has 3 aromatic rings. The molecule has 3 N–H and O–H groups in total. The number of benzene rings is 1. The summed E-state index contributed by atoms with van der Waals surface area (Å²) >= 11 is 2.92. The molecule has 0 saturated carbocycles. The Bertz CT molecular complexity index is 1160. The molecule has 0 radical (unpaired) electrons. The molecule has 180 valence electrons. The van der Waals surface area contributed by atoms with Crippen LogP contribution in [-0.2, 0) is 10.2 Å². The third-order valence-electron chi connectivity index (χ3n) is 4.36. The van der Waals surface area contributed by atoms with Crippen LogP contribution < -0.4 is 20.7 Å². The number of nitrogens with one attached hydrogen (secondary N) is 3. The van der Waals surface area contributed by atoms with Crippen molar-refractivity contribution in [3.8, 4) is 11.5 Å². The topological polar surface area (TPSA) is 114 Å². The van der Waals surface area contributed by atoms with E-state index in [1.54, 1.807) is 37.4 Å². The Hall–Kier alpha value is -3.31. The summed E-state index contributed by atoms with van der Waals surface area (Å²) in [4.78, 5) is 34.4. The molecule has 0 saturated heterocycles. The second kappa shape index (κ2) is 11.2. The number of anilines is 3. The average molecular weight is 502 g/mol. The minimum atomic E-state index is -0.585. The van der Waals surface area contributed by atoms with E-state index in [0.29, 0.717) is 28.1 Å². The summed E-state index contributed by atoms with van der Waals surface area (Å²) in [5, 5.41) is 8.72. The van der Waals surface area contributed by atoms with Gasteiger partial charge in [-0.15, -0.1) is 23.1 Å². The number of aromatic nitrogens is 2. The first kappa shape index (κ1) is 25.3. The van der Waals surface area contributed by atoms with Crippen LogP contribution in [0.5, 0.6) is 11.5 Å². The minimum Gasteiger partial charge on any atom is -0.457 e. The zero-order valence-electron chi connectivity index (χ0n) is 19.6. The lowest BCUT2D eigenvalue weighted by atomic mass is 9.96. The fraction of sp³-hybridized carbons (Fsp3) is 0.304. The Labute approximate surface area is 206 Å². The van der Waals surface area contributed by atoms with Crippen LogP contribution >= 0.6 is 23.1 Å². The highest BCUT2D eigenvalue weighted by Crippen LogP contribution is 2.33. The van der Waals surface area contributed by atoms with Gasteiger partial charge in [0.05, 0.1) is 12.3 Å². The van der Waals surface area contributed by atoms with Crippen LogP contribution in [0.1, 0.15) is 32.6 Å². The van der Waals surface area contributed by atoms with Gasteiger partial charge in [0, 0.05) is 28.2 Å². The fourth-order valence-electron chi connectivity index (χ4n) is 2.72. The van der Waals surface area contributed by atoms with Gasteiger partial charge in [0.1, 0.15) is 17.3 Å². The zero-order chi connectivity index (χ0) is 24.7. The maximum absolute atomic E-state index is 12.5. The van der Waals surface area contributed by atoms with Crippen molar-refractivity contribution in [3.63, 3.8) is 0 Å². The number of carbonyl (C=O) groups excluding carboxylic acids is 2. The Kier molecular flexibility index (Phi) is 8.35. The van der Waals surface area contributed by atoms with Crippen molar-refractivity contribution in [2.24, 2.45) is 0 Å². The molecule has 2 heterocycles. The van der Waals surface area contributed by atoms with Crippen molar-refractivity contribution in [1.29, 1.82) is 0 Å². The monoisotopic (exact) mass is 501 g/mol. The third kappa shape index (κ3) is 7.09. The smallest absolute Gasteiger partial charge is 0.412 e. The molecule has 11 heteroatoms. The van der Waals surface area contributed by atoms with Crippen LogP contribution in [0.25, 0.3) is 0 Å². The number of hydrogen-bond donors (Lipinski definition) is 3. The number of thioether (sulfide) groups is 1. The molecule has 0 spiro atoms. The van der Waals surface area contributed by atoms with Crippen molar-refractivity contribution in [2.75, 3.05) is 28.8 Å². The minimum absolute atomic E-state index is 0.0274.